The van der Waals surface area contributed by atoms with Crippen molar-refractivity contribution in [3.8, 4) is 0 Å². The Kier molecular flexibility index (Phi) is 4.17. The molecule has 2 N–H and O–H groups in total. The maximum Gasteiger partial charge on any atom is 0.325 e. The molecule has 1 atom stereocenters. The van der Waals surface area contributed by atoms with E-state index >= 15 is 0 Å². The summed E-state index contributed by atoms with van der Waals surface area (Å²) in [6.07, 6.45) is 0. The summed E-state index contributed by atoms with van der Waals surface area (Å²) in [5.41, 5.74) is -0.804. The van der Waals surface area contributed by atoms with Crippen molar-refractivity contribution < 1.29 is 23.5 Å². The molecule has 0 aliphatic heterocycles. The molecule has 0 radical (unpaired) electrons. The number of carboxylic acids is 1. The highest BCUT2D eigenvalue weighted by atomic mass is 79.9. The fraction of sp³-hybridized carbons (Fsp3) is 0.200. The molecule has 0 aliphatic carbocycles. The van der Waals surface area contributed by atoms with Gasteiger partial charge in [-0.05, 0) is 19.1 Å². The summed E-state index contributed by atoms with van der Waals surface area (Å²) in [7, 11) is 0. The molecule has 0 aromatic heterocycles. The molecular formula is C10H8BrF2NO3. The van der Waals surface area contributed by atoms with Crippen LogP contribution in [0.4, 0.5) is 8.78 Å². The van der Waals surface area contributed by atoms with E-state index in [4.69, 9.17) is 5.11 Å². The lowest BCUT2D eigenvalue weighted by Crippen LogP contribution is -2.39. The SMILES string of the molecule is C[C@H](NC(=O)c1c(F)cc(Br)cc1F)C(=O)O. The minimum atomic E-state index is -1.30. The van der Waals surface area contributed by atoms with E-state index in [0.29, 0.717) is 0 Å². The molecule has 0 bridgehead atoms. The van der Waals surface area contributed by atoms with Crippen LogP contribution in [0, 0.1) is 11.6 Å². The topological polar surface area (TPSA) is 66.4 Å². The van der Waals surface area contributed by atoms with Crippen LogP contribution in [-0.2, 0) is 4.79 Å². The van der Waals surface area contributed by atoms with Crippen LogP contribution in [-0.4, -0.2) is 23.0 Å². The Morgan fingerprint density at radius 1 is 1.35 bits per heavy atom. The Bertz CT molecular complexity index is 456. The fourth-order valence-corrected chi connectivity index (χ4v) is 1.49. The first-order chi connectivity index (χ1) is 7.82. The molecule has 7 heteroatoms. The number of carbonyl (C=O) groups is 2. The van der Waals surface area contributed by atoms with Crippen molar-refractivity contribution in [2.75, 3.05) is 0 Å². The van der Waals surface area contributed by atoms with Gasteiger partial charge >= 0.3 is 5.97 Å². The van der Waals surface area contributed by atoms with Gasteiger partial charge in [0.1, 0.15) is 23.2 Å². The number of halogens is 3. The van der Waals surface area contributed by atoms with Crippen molar-refractivity contribution in [3.05, 3.63) is 33.8 Å². The summed E-state index contributed by atoms with van der Waals surface area (Å²) >= 11 is 2.86. The van der Waals surface area contributed by atoms with E-state index in [1.54, 1.807) is 0 Å². The summed E-state index contributed by atoms with van der Waals surface area (Å²) in [5.74, 6) is -4.53. The first kappa shape index (κ1) is 13.6. The Labute approximate surface area is 104 Å². The van der Waals surface area contributed by atoms with Crippen LogP contribution in [0.15, 0.2) is 16.6 Å². The quantitative estimate of drug-likeness (QED) is 0.896. The van der Waals surface area contributed by atoms with Gasteiger partial charge in [0.2, 0.25) is 0 Å². The Hall–Kier alpha value is -1.50. The maximum absolute atomic E-state index is 13.3. The predicted octanol–water partition coefficient (Wildman–Crippen LogP) is 1.93. The lowest BCUT2D eigenvalue weighted by Gasteiger charge is -2.10. The van der Waals surface area contributed by atoms with Crippen LogP contribution >= 0.6 is 15.9 Å². The van der Waals surface area contributed by atoms with Crippen molar-refractivity contribution in [1.29, 1.82) is 0 Å². The fourth-order valence-electron chi connectivity index (χ4n) is 1.09. The van der Waals surface area contributed by atoms with E-state index in [-0.39, 0.29) is 4.47 Å². The van der Waals surface area contributed by atoms with E-state index in [9.17, 15) is 18.4 Å². The van der Waals surface area contributed by atoms with Gasteiger partial charge in [0.15, 0.2) is 0 Å². The normalized spacial score (nSPS) is 12.0. The van der Waals surface area contributed by atoms with Crippen molar-refractivity contribution in [3.63, 3.8) is 0 Å². The molecule has 0 heterocycles. The Morgan fingerprint density at radius 2 is 1.82 bits per heavy atom. The first-order valence-corrected chi connectivity index (χ1v) is 5.30. The molecule has 0 aliphatic rings. The predicted molar refractivity (Wildman–Crippen MR) is 58.6 cm³/mol. The highest BCUT2D eigenvalue weighted by Gasteiger charge is 2.21. The van der Waals surface area contributed by atoms with Gasteiger partial charge in [-0.15, -0.1) is 0 Å². The van der Waals surface area contributed by atoms with Crippen molar-refractivity contribution in [2.45, 2.75) is 13.0 Å². The van der Waals surface area contributed by atoms with Crippen molar-refractivity contribution in [2.24, 2.45) is 0 Å². The molecule has 0 spiro atoms. The van der Waals surface area contributed by atoms with E-state index in [0.717, 1.165) is 12.1 Å². The number of nitrogens with one attached hydrogen (secondary N) is 1. The Balaban J connectivity index is 3.01. The molecule has 0 unspecified atom stereocenters. The Morgan fingerprint density at radius 3 is 2.24 bits per heavy atom. The molecule has 92 valence electrons. The number of carboxylic acid groups (broad SMARTS) is 1. The van der Waals surface area contributed by atoms with Crippen molar-refractivity contribution >= 4 is 27.8 Å². The summed E-state index contributed by atoms with van der Waals surface area (Å²) in [6.45, 7) is 1.19. The minimum absolute atomic E-state index is 0.148. The maximum atomic E-state index is 13.3. The summed E-state index contributed by atoms with van der Waals surface area (Å²) in [5, 5.41) is 10.5. The van der Waals surface area contributed by atoms with Gasteiger partial charge in [0, 0.05) is 4.47 Å². The van der Waals surface area contributed by atoms with Gasteiger partial charge < -0.3 is 10.4 Å². The van der Waals surface area contributed by atoms with Gasteiger partial charge in [-0.25, -0.2) is 8.78 Å². The average molecular weight is 308 g/mol. The van der Waals surface area contributed by atoms with Crippen molar-refractivity contribution in [1.82, 2.24) is 5.32 Å². The largest absolute Gasteiger partial charge is 0.480 e. The lowest BCUT2D eigenvalue weighted by molar-refractivity contribution is -0.138. The third kappa shape index (κ3) is 3.23. The van der Waals surface area contributed by atoms with E-state index in [1.807, 2.05) is 5.32 Å². The molecule has 0 saturated carbocycles. The van der Waals surface area contributed by atoms with Crippen LogP contribution in [0.1, 0.15) is 17.3 Å². The van der Waals surface area contributed by atoms with Crippen LogP contribution in [0.5, 0.6) is 0 Å². The molecule has 1 aromatic rings. The second-order valence-corrected chi connectivity index (χ2v) is 4.19. The molecule has 17 heavy (non-hydrogen) atoms. The highest BCUT2D eigenvalue weighted by molar-refractivity contribution is 9.10. The first-order valence-electron chi connectivity index (χ1n) is 4.51. The second-order valence-electron chi connectivity index (χ2n) is 3.28. The summed E-state index contributed by atoms with van der Waals surface area (Å²) in [4.78, 5) is 21.9. The zero-order chi connectivity index (χ0) is 13.2. The lowest BCUT2D eigenvalue weighted by atomic mass is 10.1. The minimum Gasteiger partial charge on any atom is -0.480 e. The van der Waals surface area contributed by atoms with Gasteiger partial charge in [-0.1, -0.05) is 15.9 Å². The van der Waals surface area contributed by atoms with E-state index in [2.05, 4.69) is 15.9 Å². The molecular weight excluding hydrogens is 300 g/mol. The van der Waals surface area contributed by atoms with E-state index in [1.165, 1.54) is 6.92 Å². The standard InChI is InChI=1S/C10H8BrF2NO3/c1-4(10(16)17)14-9(15)8-6(12)2-5(11)3-7(8)13/h2-4H,1H3,(H,14,15)(H,16,17)/t4-/m0/s1. The van der Waals surface area contributed by atoms with Gasteiger partial charge in [-0.3, -0.25) is 9.59 Å². The third-order valence-electron chi connectivity index (χ3n) is 1.95. The molecule has 1 rings (SSSR count). The van der Waals surface area contributed by atoms with Gasteiger partial charge in [0.05, 0.1) is 0 Å². The molecule has 1 amide bonds. The number of hydrogen-bond acceptors (Lipinski definition) is 2. The van der Waals surface area contributed by atoms with Crippen LogP contribution in [0.2, 0.25) is 0 Å². The zero-order valence-electron chi connectivity index (χ0n) is 8.63. The van der Waals surface area contributed by atoms with Crippen LogP contribution in [0.3, 0.4) is 0 Å². The number of amides is 1. The number of rotatable bonds is 3. The molecule has 0 fully saturated rings. The van der Waals surface area contributed by atoms with E-state index < -0.39 is 35.1 Å². The van der Waals surface area contributed by atoms with Crippen LogP contribution in [0.25, 0.3) is 0 Å². The van der Waals surface area contributed by atoms with Gasteiger partial charge in [0.25, 0.3) is 5.91 Å². The van der Waals surface area contributed by atoms with Gasteiger partial charge in [-0.2, -0.15) is 0 Å². The molecule has 0 saturated heterocycles. The number of benzene rings is 1. The highest BCUT2D eigenvalue weighted by Crippen LogP contribution is 2.19. The molecule has 1 aromatic carbocycles. The number of aliphatic carboxylic acids is 1. The zero-order valence-corrected chi connectivity index (χ0v) is 10.2. The number of hydrogen-bond donors (Lipinski definition) is 2. The third-order valence-corrected chi connectivity index (χ3v) is 2.41. The summed E-state index contributed by atoms with van der Waals surface area (Å²) < 4.78 is 26.8. The summed E-state index contributed by atoms with van der Waals surface area (Å²) in [6, 6.07) is 0.609. The molecule has 4 nitrogen and oxygen atoms in total. The number of carbonyl (C=O) groups excluding carboxylic acids is 1. The smallest absolute Gasteiger partial charge is 0.325 e. The average Bonchev–Trinajstić information content (AvgIpc) is 2.15. The van der Waals surface area contributed by atoms with Crippen LogP contribution < -0.4 is 5.32 Å². The monoisotopic (exact) mass is 307 g/mol. The second kappa shape index (κ2) is 5.22.